The molecule has 42 heteroatoms. The Bertz CT molecular complexity index is 6490. The maximum atomic E-state index is 14.6. The molecular weight excluding hydrogens is 1720 g/mol. The Morgan fingerprint density at radius 3 is 1.24 bits per heavy atom. The number of Topliss-reactive ketones (excluding diaryl/α,β-unsaturated/α-hetero) is 2. The number of halogens is 3. The van der Waals surface area contributed by atoms with Gasteiger partial charge >= 0.3 is 17.1 Å². The van der Waals surface area contributed by atoms with Crippen LogP contribution in [0.3, 0.4) is 0 Å². The number of rotatable bonds is 23. The molecule has 670 valence electrons. The normalized spacial score (nSPS) is 19.3. The zero-order valence-corrected chi connectivity index (χ0v) is 72.3. The van der Waals surface area contributed by atoms with Gasteiger partial charge in [0.15, 0.2) is 0 Å². The minimum absolute atomic E-state index is 0.0681. The first kappa shape index (κ1) is 89.6. The van der Waals surface area contributed by atoms with Crippen molar-refractivity contribution in [3.8, 4) is 32.3 Å². The van der Waals surface area contributed by atoms with E-state index in [0.717, 1.165) is 13.7 Å². The van der Waals surface area contributed by atoms with Crippen LogP contribution in [0.1, 0.15) is 166 Å². The molecule has 36 nitrogen and oxygen atoms in total. The van der Waals surface area contributed by atoms with E-state index in [-0.39, 0.29) is 73.2 Å². The predicted octanol–water partition coefficient (Wildman–Crippen LogP) is 7.68. The average molecular weight is 1810 g/mol. The number of aliphatic hydroxyl groups is 2. The number of nitrogens with zero attached hydrogens (tertiary/aromatic N) is 13. The Hall–Kier alpha value is -12.2. The quantitative estimate of drug-likeness (QED) is 0.0357. The van der Waals surface area contributed by atoms with E-state index in [9.17, 15) is 76.1 Å². The lowest BCUT2D eigenvalue weighted by Crippen LogP contribution is -2.44. The second-order valence-corrected chi connectivity index (χ2v) is 34.4. The standard InChI is InChI=1S/C29H32FN5O6S.C28H29FN6O6S.C15H19FO4.C13H12N6O3S/c1-16-24-26(38)35(21-10-12-31-25(21)37)29(39)33(28(24)42-27(16)34-13-3-11-32-34)15-23(41-19-7-5-18(36)6-8-19)20-14-17(30)4-9-22(20)40-2;1-15-23-25(38)34(20-9-10-30-24(20)37)28(39)33(27(23)42-26(15)35-31-11-12-32-35)14-22(41-18-6-4-17(36)5-7-18)19-13-16(29)3-8-21(19)40-2;1-19-14-7-2-10(16)8-13(14)15(9-17)20-12-5-3-11(18)4-6-12;1-6-8-10(23-12(6)19-15-4-5-16-19)17-13(22)18(11(8)21)7-2-3-14-9(7)20/h3-4,9,11,13-14,18-19,21,23,36H,5-8,10,12,15H2,1-2H3,(H,31,37);3,8,11-13,18,20,22H,4-7,9-10,14H2,1-2H3,(H,30,37);2,7-8,12,15,17H,3-6,9H2,1H3;4-5,7H,2-3H2,1H3,(H,14,20)(H,17,22)/t18?,19?,21-,23-;20-,22-;15-;7-/m0000/s1. The largest absolute Gasteiger partial charge is 0.496 e. The van der Waals surface area contributed by atoms with Gasteiger partial charge in [-0.05, 0) is 152 Å². The number of aromatic nitrogens is 14. The molecule has 18 rings (SSSR count). The van der Waals surface area contributed by atoms with E-state index in [1.165, 1.54) is 153 Å². The number of fused-ring (bicyclic) bond motifs is 3. The van der Waals surface area contributed by atoms with Crippen LogP contribution in [0.2, 0.25) is 0 Å². The second kappa shape index (κ2) is 39.0. The third-order valence-electron chi connectivity index (χ3n) is 23.5. The molecule has 0 bridgehead atoms. The van der Waals surface area contributed by atoms with Gasteiger partial charge in [0.1, 0.15) is 112 Å². The first-order chi connectivity index (χ1) is 61.2. The number of H-pyrrole nitrogens is 1. The first-order valence-electron chi connectivity index (χ1n) is 41.4. The molecule has 0 radical (unpaired) electrons. The van der Waals surface area contributed by atoms with Crippen LogP contribution < -0.4 is 63.9 Å². The summed E-state index contributed by atoms with van der Waals surface area (Å²) in [7, 11) is 4.43. The Morgan fingerprint density at radius 2 is 0.835 bits per heavy atom. The maximum Gasteiger partial charge on any atom is 0.332 e. The summed E-state index contributed by atoms with van der Waals surface area (Å²) in [5, 5.41) is 51.3. The summed E-state index contributed by atoms with van der Waals surface area (Å²) in [5.74, 6) is -0.864. The number of aliphatic hydroxyl groups excluding tert-OH is 2. The number of aromatic amines is 1. The van der Waals surface area contributed by atoms with Gasteiger partial charge in [-0.3, -0.25) is 52.5 Å². The fraction of sp³-hybridized carbons (Fsp3) is 0.435. The number of ketones is 2. The number of hydrogen-bond acceptors (Lipinski definition) is 27. The first-order valence-corrected chi connectivity index (χ1v) is 43.9. The number of carbonyl (C=O) groups is 5. The van der Waals surface area contributed by atoms with E-state index in [4.69, 9.17) is 28.4 Å². The van der Waals surface area contributed by atoms with Gasteiger partial charge in [-0.1, -0.05) is 34.0 Å². The number of methoxy groups -OCH3 is 3. The SMILES string of the molecule is COc1ccc(F)cc1[C@H](CO)OC1CCC(=O)CC1.COc1ccc(F)cc1[C@H](Cn1c(=O)n([C@H]2CCNC2=O)c(=O)c2c(C)c(-n3cccn3)sc21)OC1CCC(O)CC1.COc1ccc(F)cc1[C@H](Cn1c(=O)n([C@H]2CCNC2=O)c(=O)c2c(C)c(-n3nccn3)sc21)OC1CCC(=O)CC1.Cc1c(-n2nccn2)sc2[nH]c(=O)n([C@H]3CCNC3=O)c(=O)c12. The van der Waals surface area contributed by atoms with Crippen molar-refractivity contribution in [1.29, 1.82) is 0 Å². The predicted molar refractivity (Wildman–Crippen MR) is 459 cm³/mol. The third-order valence-corrected chi connectivity index (χ3v) is 27.3. The van der Waals surface area contributed by atoms with Gasteiger partial charge in [0.05, 0.1) is 106 Å². The summed E-state index contributed by atoms with van der Waals surface area (Å²) < 4.78 is 85.3. The molecule has 12 heterocycles. The molecule has 3 aliphatic carbocycles. The lowest BCUT2D eigenvalue weighted by molar-refractivity contribution is -0.125. The summed E-state index contributed by atoms with van der Waals surface area (Å²) in [6.45, 7) is 6.03. The molecule has 3 aliphatic heterocycles. The van der Waals surface area contributed by atoms with Crippen molar-refractivity contribution in [3.05, 3.63) is 211 Å². The van der Waals surface area contributed by atoms with Gasteiger partial charge in [-0.15, -0.1) is 9.59 Å². The Balaban J connectivity index is 0.000000137. The molecule has 3 saturated carbocycles. The smallest absolute Gasteiger partial charge is 0.332 e. The number of nitrogens with one attached hydrogen (secondary N) is 4. The summed E-state index contributed by atoms with van der Waals surface area (Å²) in [6, 6.07) is 11.4. The van der Waals surface area contributed by atoms with Crippen LogP contribution in [0.5, 0.6) is 17.2 Å². The van der Waals surface area contributed by atoms with Crippen LogP contribution in [-0.2, 0) is 51.3 Å². The Kier molecular flexibility index (Phi) is 27.5. The maximum absolute atomic E-state index is 14.6. The number of carbonyl (C=O) groups excluding carboxylic acids is 5. The van der Waals surface area contributed by atoms with Crippen LogP contribution in [-0.4, -0.2) is 179 Å². The fourth-order valence-electron chi connectivity index (χ4n) is 17.0. The van der Waals surface area contributed by atoms with Crippen LogP contribution in [0.4, 0.5) is 13.2 Å². The number of ether oxygens (including phenoxy) is 6. The number of hydrogen-bond donors (Lipinski definition) is 6. The van der Waals surface area contributed by atoms with Crippen molar-refractivity contribution in [2.24, 2.45) is 0 Å². The van der Waals surface area contributed by atoms with Crippen molar-refractivity contribution in [2.75, 3.05) is 47.6 Å². The topological polar surface area (TPSA) is 439 Å². The van der Waals surface area contributed by atoms with Gasteiger partial charge in [-0.25, -0.2) is 45.9 Å². The third kappa shape index (κ3) is 18.7. The Morgan fingerprint density at radius 1 is 0.457 bits per heavy atom. The number of thiophene rings is 3. The van der Waals surface area contributed by atoms with Crippen LogP contribution in [0, 0.1) is 38.2 Å². The molecule has 6 atom stereocenters. The van der Waals surface area contributed by atoms with Gasteiger partial charge in [-0.2, -0.15) is 25.5 Å². The van der Waals surface area contributed by atoms with E-state index in [1.54, 1.807) is 43.9 Å². The van der Waals surface area contributed by atoms with Crippen molar-refractivity contribution >= 4 is 93.9 Å². The monoisotopic (exact) mass is 1810 g/mol. The highest BCUT2D eigenvalue weighted by molar-refractivity contribution is 7.22. The molecule has 6 N–H and O–H groups in total. The molecule has 3 aromatic carbocycles. The van der Waals surface area contributed by atoms with Gasteiger partial charge in [0.25, 0.3) is 16.7 Å². The summed E-state index contributed by atoms with van der Waals surface area (Å²) in [4.78, 5) is 148. The van der Waals surface area contributed by atoms with Gasteiger partial charge < -0.3 is 54.6 Å². The molecule has 127 heavy (non-hydrogen) atoms. The highest BCUT2D eigenvalue weighted by atomic mass is 32.1. The van der Waals surface area contributed by atoms with E-state index in [0.29, 0.717) is 200 Å². The molecule has 3 saturated heterocycles. The van der Waals surface area contributed by atoms with E-state index in [2.05, 4.69) is 46.4 Å². The van der Waals surface area contributed by atoms with Crippen molar-refractivity contribution < 1.29 is 75.8 Å². The summed E-state index contributed by atoms with van der Waals surface area (Å²) in [5.41, 5.74) is -0.326. The molecule has 12 aromatic rings. The molecule has 0 unspecified atom stereocenters. The number of aryl methyl sites for hydroxylation is 3. The fourth-order valence-corrected chi connectivity index (χ4v) is 20.6. The van der Waals surface area contributed by atoms with E-state index >= 15 is 0 Å². The molecule has 9 aromatic heterocycles. The second-order valence-electron chi connectivity index (χ2n) is 31.4. The summed E-state index contributed by atoms with van der Waals surface area (Å²) >= 11 is 3.64. The lowest BCUT2D eigenvalue weighted by Gasteiger charge is -2.31. The minimum atomic E-state index is -0.973. The molecular formula is C85H92F3N17O19S3. The van der Waals surface area contributed by atoms with Crippen LogP contribution in [0.25, 0.3) is 45.7 Å². The van der Waals surface area contributed by atoms with Crippen LogP contribution >= 0.6 is 34.0 Å². The van der Waals surface area contributed by atoms with Gasteiger partial charge in [0.2, 0.25) is 17.7 Å². The van der Waals surface area contributed by atoms with Crippen molar-refractivity contribution in [3.63, 3.8) is 0 Å². The molecule has 3 amide bonds. The minimum Gasteiger partial charge on any atom is -0.496 e. The van der Waals surface area contributed by atoms with Gasteiger partial charge in [0, 0.05) is 91.1 Å². The highest BCUT2D eigenvalue weighted by Crippen LogP contribution is 2.41. The summed E-state index contributed by atoms with van der Waals surface area (Å²) in [6.07, 6.45) is 13.4. The molecule has 6 fully saturated rings. The number of amides is 3. The van der Waals surface area contributed by atoms with E-state index in [1.807, 2.05) is 0 Å². The van der Waals surface area contributed by atoms with Crippen molar-refractivity contribution in [2.45, 2.75) is 191 Å². The Labute approximate surface area is 731 Å². The lowest BCUT2D eigenvalue weighted by atomic mass is 9.94. The van der Waals surface area contributed by atoms with E-state index < -0.39 is 99.6 Å². The molecule has 6 aliphatic rings. The number of benzene rings is 3. The average Bonchev–Trinajstić information content (AvgIpc) is 1.60. The molecule has 0 spiro atoms. The zero-order valence-electron chi connectivity index (χ0n) is 69.9. The highest BCUT2D eigenvalue weighted by Gasteiger charge is 2.39. The van der Waals surface area contributed by atoms with Crippen molar-refractivity contribution in [1.82, 2.24) is 83.5 Å². The zero-order chi connectivity index (χ0) is 89.8. The van der Waals surface area contributed by atoms with Crippen LogP contribution in [0.15, 0.2) is 127 Å².